The zero-order valence-corrected chi connectivity index (χ0v) is 16.1. The van der Waals surface area contributed by atoms with Crippen molar-refractivity contribution < 1.29 is 4.79 Å². The molecule has 1 aromatic carbocycles. The monoisotopic (exact) mass is 375 g/mol. The molecule has 6 nitrogen and oxygen atoms in total. The Bertz CT molecular complexity index is 690. The second kappa shape index (κ2) is 10.6. The maximum Gasteiger partial charge on any atom is 0.314 e. The molecule has 0 bridgehead atoms. The fraction of sp³-hybridized carbons (Fsp3) is 0.421. The summed E-state index contributed by atoms with van der Waals surface area (Å²) in [4.78, 5) is 13.2. The van der Waals surface area contributed by atoms with Gasteiger partial charge in [-0.15, -0.1) is 5.10 Å². The number of hydrogen-bond donors (Lipinski definition) is 2. The van der Waals surface area contributed by atoms with E-state index in [0.717, 1.165) is 35.1 Å². The average molecular weight is 376 g/mol. The maximum absolute atomic E-state index is 10.9. The third-order valence-corrected chi connectivity index (χ3v) is 4.56. The molecule has 2 N–H and O–H groups in total. The summed E-state index contributed by atoms with van der Waals surface area (Å²) in [5.41, 5.74) is 2.03. The van der Waals surface area contributed by atoms with E-state index in [1.807, 2.05) is 37.3 Å². The number of halogens is 1. The second-order valence-electron chi connectivity index (χ2n) is 6.15. The number of nitrogens with zero attached hydrogens (tertiary/aromatic N) is 3. The van der Waals surface area contributed by atoms with E-state index in [4.69, 9.17) is 11.6 Å². The number of piperidine rings is 1. The SMILES string of the molecule is CNC(=O)NCc1ccc(C)c(Cl)c1.c1cnnc(N2CCCCC2)c1. The molecule has 7 heteroatoms. The second-order valence-corrected chi connectivity index (χ2v) is 6.55. The zero-order chi connectivity index (χ0) is 18.8. The minimum absolute atomic E-state index is 0.193. The number of rotatable bonds is 3. The summed E-state index contributed by atoms with van der Waals surface area (Å²) >= 11 is 5.93. The number of aromatic nitrogens is 2. The first-order valence-electron chi connectivity index (χ1n) is 8.83. The number of hydrogen-bond acceptors (Lipinski definition) is 4. The molecule has 1 saturated heterocycles. The molecule has 2 amide bonds. The number of anilines is 1. The van der Waals surface area contributed by atoms with Gasteiger partial charge >= 0.3 is 6.03 Å². The van der Waals surface area contributed by atoms with Crippen molar-refractivity contribution in [3.8, 4) is 0 Å². The van der Waals surface area contributed by atoms with Gasteiger partial charge in [-0.2, -0.15) is 5.10 Å². The quantitative estimate of drug-likeness (QED) is 0.860. The van der Waals surface area contributed by atoms with Gasteiger partial charge in [0.2, 0.25) is 0 Å². The van der Waals surface area contributed by atoms with Crippen molar-refractivity contribution in [2.75, 3.05) is 25.0 Å². The van der Waals surface area contributed by atoms with E-state index in [2.05, 4.69) is 25.7 Å². The lowest BCUT2D eigenvalue weighted by Crippen LogP contribution is -2.32. The van der Waals surface area contributed by atoms with Gasteiger partial charge in [0.05, 0.1) is 0 Å². The summed E-state index contributed by atoms with van der Waals surface area (Å²) in [5.74, 6) is 1.03. The first kappa shape index (κ1) is 20.0. The molecule has 1 aliphatic heterocycles. The van der Waals surface area contributed by atoms with E-state index in [1.54, 1.807) is 13.2 Å². The molecule has 0 unspecified atom stereocenters. The van der Waals surface area contributed by atoms with Gasteiger partial charge in [-0.3, -0.25) is 0 Å². The molecule has 0 radical (unpaired) electrons. The summed E-state index contributed by atoms with van der Waals surface area (Å²) in [5, 5.41) is 13.8. The standard InChI is InChI=1S/C10H13ClN2O.C9H13N3/c1-7-3-4-8(5-9(7)11)6-13-10(14)12-2;1-2-7-12(8-3-1)9-5-4-6-10-11-9/h3-5H,6H2,1-2H3,(H2,12,13,14);4-6H,1-3,7-8H2. The molecular formula is C19H26ClN5O. The van der Waals surface area contributed by atoms with Crippen molar-refractivity contribution in [2.45, 2.75) is 32.7 Å². The number of nitrogens with one attached hydrogen (secondary N) is 2. The number of carbonyl (C=O) groups excluding carboxylic acids is 1. The summed E-state index contributed by atoms with van der Waals surface area (Å²) in [6.45, 7) is 4.70. The maximum atomic E-state index is 10.9. The van der Waals surface area contributed by atoms with Crippen LogP contribution in [0.25, 0.3) is 0 Å². The lowest BCUT2D eigenvalue weighted by molar-refractivity contribution is 0.242. The van der Waals surface area contributed by atoms with Gasteiger partial charge in [0, 0.05) is 37.9 Å². The molecule has 2 aromatic rings. The molecular weight excluding hydrogens is 350 g/mol. The van der Waals surface area contributed by atoms with Crippen LogP contribution in [0.4, 0.5) is 10.6 Å². The lowest BCUT2D eigenvalue weighted by Gasteiger charge is -2.26. The van der Waals surface area contributed by atoms with Crippen LogP contribution in [0.2, 0.25) is 5.02 Å². The predicted molar refractivity (Wildman–Crippen MR) is 106 cm³/mol. The van der Waals surface area contributed by atoms with Gasteiger partial charge in [-0.1, -0.05) is 23.7 Å². The topological polar surface area (TPSA) is 70.1 Å². The number of benzene rings is 1. The third-order valence-electron chi connectivity index (χ3n) is 4.15. The molecule has 3 rings (SSSR count). The van der Waals surface area contributed by atoms with Crippen molar-refractivity contribution >= 4 is 23.4 Å². The van der Waals surface area contributed by atoms with Crippen LogP contribution in [-0.2, 0) is 6.54 Å². The van der Waals surface area contributed by atoms with Crippen LogP contribution in [-0.4, -0.2) is 36.4 Å². The van der Waals surface area contributed by atoms with Crippen molar-refractivity contribution in [2.24, 2.45) is 0 Å². The summed E-state index contributed by atoms with van der Waals surface area (Å²) in [6.07, 6.45) is 5.65. The molecule has 1 fully saturated rings. The highest BCUT2D eigenvalue weighted by Crippen LogP contribution is 2.16. The Hall–Kier alpha value is -2.34. The molecule has 140 valence electrons. The van der Waals surface area contributed by atoms with Gasteiger partial charge in [0.25, 0.3) is 0 Å². The van der Waals surface area contributed by atoms with Crippen LogP contribution >= 0.6 is 11.6 Å². The van der Waals surface area contributed by atoms with Crippen LogP contribution in [0.15, 0.2) is 36.5 Å². The Kier molecular flexibility index (Phi) is 8.15. The number of aryl methyl sites for hydroxylation is 1. The number of amides is 2. The van der Waals surface area contributed by atoms with E-state index >= 15 is 0 Å². The summed E-state index contributed by atoms with van der Waals surface area (Å²) < 4.78 is 0. The first-order chi connectivity index (χ1) is 12.6. The fourth-order valence-electron chi connectivity index (χ4n) is 2.60. The number of urea groups is 1. The highest BCUT2D eigenvalue weighted by atomic mass is 35.5. The van der Waals surface area contributed by atoms with Gasteiger partial charge in [-0.25, -0.2) is 4.79 Å². The normalized spacial score (nSPS) is 13.4. The van der Waals surface area contributed by atoms with Gasteiger partial charge in [-0.05, 0) is 55.5 Å². The molecule has 0 spiro atoms. The molecule has 2 heterocycles. The Morgan fingerprint density at radius 1 is 1.23 bits per heavy atom. The molecule has 26 heavy (non-hydrogen) atoms. The molecule has 1 aliphatic rings. The largest absolute Gasteiger partial charge is 0.355 e. The van der Waals surface area contributed by atoms with Crippen molar-refractivity contribution in [3.63, 3.8) is 0 Å². The lowest BCUT2D eigenvalue weighted by atomic mass is 10.1. The van der Waals surface area contributed by atoms with Gasteiger partial charge in [0.1, 0.15) is 0 Å². The average Bonchev–Trinajstić information content (AvgIpc) is 2.70. The van der Waals surface area contributed by atoms with E-state index in [1.165, 1.54) is 19.3 Å². The predicted octanol–water partition coefficient (Wildman–Crippen LogP) is 3.54. The minimum atomic E-state index is -0.193. The highest BCUT2D eigenvalue weighted by Gasteiger charge is 2.11. The van der Waals surface area contributed by atoms with Crippen LogP contribution in [0.3, 0.4) is 0 Å². The fourth-order valence-corrected chi connectivity index (χ4v) is 2.81. The third kappa shape index (κ3) is 6.52. The summed E-state index contributed by atoms with van der Waals surface area (Å²) in [7, 11) is 1.58. The zero-order valence-electron chi connectivity index (χ0n) is 15.3. The Labute approximate surface area is 160 Å². The Balaban J connectivity index is 0.000000189. The first-order valence-corrected chi connectivity index (χ1v) is 9.21. The Morgan fingerprint density at radius 3 is 2.62 bits per heavy atom. The van der Waals surface area contributed by atoms with E-state index in [-0.39, 0.29) is 6.03 Å². The van der Waals surface area contributed by atoms with Crippen LogP contribution < -0.4 is 15.5 Å². The molecule has 0 atom stereocenters. The van der Waals surface area contributed by atoms with Crippen LogP contribution in [0, 0.1) is 6.92 Å². The molecule has 1 aromatic heterocycles. The van der Waals surface area contributed by atoms with Crippen molar-refractivity contribution in [1.82, 2.24) is 20.8 Å². The van der Waals surface area contributed by atoms with Crippen LogP contribution in [0.5, 0.6) is 0 Å². The molecule has 0 aliphatic carbocycles. The van der Waals surface area contributed by atoms with Crippen molar-refractivity contribution in [3.05, 3.63) is 52.7 Å². The van der Waals surface area contributed by atoms with E-state index in [9.17, 15) is 4.79 Å². The van der Waals surface area contributed by atoms with Crippen molar-refractivity contribution in [1.29, 1.82) is 0 Å². The van der Waals surface area contributed by atoms with Gasteiger partial charge in [0.15, 0.2) is 5.82 Å². The van der Waals surface area contributed by atoms with E-state index in [0.29, 0.717) is 6.54 Å². The van der Waals surface area contributed by atoms with Crippen LogP contribution in [0.1, 0.15) is 30.4 Å². The number of carbonyl (C=O) groups is 1. The molecule has 0 saturated carbocycles. The smallest absolute Gasteiger partial charge is 0.314 e. The minimum Gasteiger partial charge on any atom is -0.355 e. The van der Waals surface area contributed by atoms with Gasteiger partial charge < -0.3 is 15.5 Å². The highest BCUT2D eigenvalue weighted by molar-refractivity contribution is 6.31. The summed E-state index contributed by atoms with van der Waals surface area (Å²) in [6, 6.07) is 9.50. The van der Waals surface area contributed by atoms with E-state index < -0.39 is 0 Å². The Morgan fingerprint density at radius 2 is 2.00 bits per heavy atom.